The van der Waals surface area contributed by atoms with E-state index in [-0.39, 0.29) is 18.1 Å². The SMILES string of the molecule is Cc1nc(C(=O)NCc2ncco2)c(N)nc1-c1ncco1. The number of rotatable bonds is 4. The lowest BCUT2D eigenvalue weighted by molar-refractivity contribution is 0.0942. The molecule has 3 aromatic heterocycles. The van der Waals surface area contributed by atoms with Crippen LogP contribution in [0.3, 0.4) is 0 Å². The molecule has 3 heterocycles. The van der Waals surface area contributed by atoms with Crippen LogP contribution in [0, 0.1) is 6.92 Å². The van der Waals surface area contributed by atoms with E-state index < -0.39 is 5.91 Å². The molecule has 22 heavy (non-hydrogen) atoms. The molecular formula is C13H12N6O3. The first-order valence-electron chi connectivity index (χ1n) is 6.35. The normalized spacial score (nSPS) is 10.6. The fourth-order valence-corrected chi connectivity index (χ4v) is 1.82. The van der Waals surface area contributed by atoms with E-state index in [2.05, 4.69) is 25.3 Å². The number of hydrogen-bond donors (Lipinski definition) is 2. The molecule has 0 atom stereocenters. The Balaban J connectivity index is 1.82. The van der Waals surface area contributed by atoms with E-state index in [1.165, 1.54) is 24.9 Å². The third-order valence-corrected chi connectivity index (χ3v) is 2.83. The molecule has 0 aromatic carbocycles. The summed E-state index contributed by atoms with van der Waals surface area (Å²) in [7, 11) is 0. The molecule has 0 aliphatic rings. The number of amides is 1. The zero-order chi connectivity index (χ0) is 15.5. The molecule has 0 fully saturated rings. The highest BCUT2D eigenvalue weighted by Gasteiger charge is 2.18. The number of nitrogens with one attached hydrogen (secondary N) is 1. The van der Waals surface area contributed by atoms with Crippen molar-refractivity contribution < 1.29 is 13.6 Å². The number of aryl methyl sites for hydroxylation is 1. The molecule has 0 aliphatic heterocycles. The Kier molecular flexibility index (Phi) is 3.52. The van der Waals surface area contributed by atoms with Gasteiger partial charge in [0.1, 0.15) is 18.2 Å². The highest BCUT2D eigenvalue weighted by atomic mass is 16.3. The fourth-order valence-electron chi connectivity index (χ4n) is 1.82. The summed E-state index contributed by atoms with van der Waals surface area (Å²) in [4.78, 5) is 28.3. The maximum Gasteiger partial charge on any atom is 0.274 e. The van der Waals surface area contributed by atoms with Crippen molar-refractivity contribution in [3.63, 3.8) is 0 Å². The molecular weight excluding hydrogens is 288 g/mol. The van der Waals surface area contributed by atoms with Gasteiger partial charge in [-0.3, -0.25) is 4.79 Å². The Morgan fingerprint density at radius 3 is 2.68 bits per heavy atom. The van der Waals surface area contributed by atoms with Gasteiger partial charge in [-0.05, 0) is 6.92 Å². The topological polar surface area (TPSA) is 133 Å². The van der Waals surface area contributed by atoms with Crippen LogP contribution in [0.4, 0.5) is 5.82 Å². The summed E-state index contributed by atoms with van der Waals surface area (Å²) >= 11 is 0. The Hall–Kier alpha value is -3.23. The molecule has 0 saturated heterocycles. The monoisotopic (exact) mass is 300 g/mol. The average molecular weight is 300 g/mol. The smallest absolute Gasteiger partial charge is 0.274 e. The molecule has 0 radical (unpaired) electrons. The lowest BCUT2D eigenvalue weighted by Crippen LogP contribution is -2.26. The van der Waals surface area contributed by atoms with Crippen LogP contribution in [0.25, 0.3) is 11.6 Å². The third kappa shape index (κ3) is 2.64. The first-order valence-corrected chi connectivity index (χ1v) is 6.35. The molecule has 0 unspecified atom stereocenters. The van der Waals surface area contributed by atoms with Crippen LogP contribution < -0.4 is 11.1 Å². The van der Waals surface area contributed by atoms with Gasteiger partial charge in [0.2, 0.25) is 11.8 Å². The van der Waals surface area contributed by atoms with Crippen LogP contribution in [0.2, 0.25) is 0 Å². The van der Waals surface area contributed by atoms with Crippen LogP contribution in [0.5, 0.6) is 0 Å². The molecule has 3 N–H and O–H groups in total. The molecule has 3 aromatic rings. The quantitative estimate of drug-likeness (QED) is 0.727. The minimum atomic E-state index is -0.467. The number of anilines is 1. The number of nitrogens with two attached hydrogens (primary N) is 1. The van der Waals surface area contributed by atoms with Crippen molar-refractivity contribution in [2.45, 2.75) is 13.5 Å². The summed E-state index contributed by atoms with van der Waals surface area (Å²) in [6.45, 7) is 1.82. The van der Waals surface area contributed by atoms with Crippen molar-refractivity contribution in [2.75, 3.05) is 5.73 Å². The van der Waals surface area contributed by atoms with Crippen LogP contribution in [0.15, 0.2) is 33.8 Å². The van der Waals surface area contributed by atoms with Gasteiger partial charge in [0.25, 0.3) is 5.91 Å². The first-order chi connectivity index (χ1) is 10.6. The molecule has 1 amide bonds. The predicted molar refractivity (Wildman–Crippen MR) is 74.4 cm³/mol. The zero-order valence-corrected chi connectivity index (χ0v) is 11.6. The van der Waals surface area contributed by atoms with Crippen molar-refractivity contribution in [3.8, 4) is 11.6 Å². The first kappa shape index (κ1) is 13.7. The number of hydrogen-bond acceptors (Lipinski definition) is 8. The largest absolute Gasteiger partial charge is 0.447 e. The van der Waals surface area contributed by atoms with Gasteiger partial charge in [0, 0.05) is 0 Å². The summed E-state index contributed by atoms with van der Waals surface area (Å²) in [5.41, 5.74) is 6.71. The van der Waals surface area contributed by atoms with Gasteiger partial charge in [0.05, 0.1) is 24.6 Å². The molecule has 112 valence electrons. The molecule has 0 spiro atoms. The van der Waals surface area contributed by atoms with E-state index >= 15 is 0 Å². The molecule has 9 heteroatoms. The highest BCUT2D eigenvalue weighted by molar-refractivity contribution is 5.96. The number of carbonyl (C=O) groups excluding carboxylic acids is 1. The van der Waals surface area contributed by atoms with Gasteiger partial charge < -0.3 is 19.9 Å². The molecule has 0 aliphatic carbocycles. The summed E-state index contributed by atoms with van der Waals surface area (Å²) in [6, 6.07) is 0. The van der Waals surface area contributed by atoms with Crippen molar-refractivity contribution in [1.82, 2.24) is 25.3 Å². The van der Waals surface area contributed by atoms with Gasteiger partial charge in [-0.2, -0.15) is 0 Å². The number of oxazole rings is 2. The zero-order valence-electron chi connectivity index (χ0n) is 11.6. The van der Waals surface area contributed by atoms with E-state index in [1.54, 1.807) is 6.92 Å². The lowest BCUT2D eigenvalue weighted by Gasteiger charge is -2.08. The van der Waals surface area contributed by atoms with E-state index in [0.29, 0.717) is 23.2 Å². The third-order valence-electron chi connectivity index (χ3n) is 2.83. The van der Waals surface area contributed by atoms with E-state index in [1.807, 2.05) is 0 Å². The van der Waals surface area contributed by atoms with Crippen LogP contribution in [-0.2, 0) is 6.54 Å². The lowest BCUT2D eigenvalue weighted by atomic mass is 10.2. The van der Waals surface area contributed by atoms with E-state index in [9.17, 15) is 4.79 Å². The Morgan fingerprint density at radius 2 is 2.00 bits per heavy atom. The van der Waals surface area contributed by atoms with Gasteiger partial charge in [-0.25, -0.2) is 19.9 Å². The van der Waals surface area contributed by atoms with Gasteiger partial charge >= 0.3 is 0 Å². The second-order valence-electron chi connectivity index (χ2n) is 4.34. The second kappa shape index (κ2) is 5.64. The van der Waals surface area contributed by atoms with Crippen molar-refractivity contribution in [1.29, 1.82) is 0 Å². The minimum Gasteiger partial charge on any atom is -0.447 e. The minimum absolute atomic E-state index is 0.0105. The predicted octanol–water partition coefficient (Wildman–Crippen LogP) is 0.940. The molecule has 0 saturated carbocycles. The summed E-state index contributed by atoms with van der Waals surface area (Å²) in [5.74, 6) is 0.199. The maximum atomic E-state index is 12.1. The standard InChI is InChI=1S/C13H12N6O3/c1-7-9(13-16-3-5-22-13)19-11(14)10(18-7)12(20)17-6-8-15-2-4-21-8/h2-5H,6H2,1H3,(H2,14,19)(H,17,20). The summed E-state index contributed by atoms with van der Waals surface area (Å²) in [5, 5.41) is 2.61. The van der Waals surface area contributed by atoms with Crippen LogP contribution in [-0.4, -0.2) is 25.8 Å². The fraction of sp³-hybridized carbons (Fsp3) is 0.154. The van der Waals surface area contributed by atoms with Crippen LogP contribution in [0.1, 0.15) is 22.1 Å². The van der Waals surface area contributed by atoms with Crippen LogP contribution >= 0.6 is 0 Å². The highest BCUT2D eigenvalue weighted by Crippen LogP contribution is 2.20. The van der Waals surface area contributed by atoms with E-state index in [0.717, 1.165) is 0 Å². The van der Waals surface area contributed by atoms with Gasteiger partial charge in [-0.15, -0.1) is 0 Å². The Morgan fingerprint density at radius 1 is 1.23 bits per heavy atom. The van der Waals surface area contributed by atoms with Crippen molar-refractivity contribution in [2.24, 2.45) is 0 Å². The Bertz CT molecular complexity index is 782. The second-order valence-corrected chi connectivity index (χ2v) is 4.34. The van der Waals surface area contributed by atoms with Gasteiger partial charge in [-0.1, -0.05) is 0 Å². The Labute approximate surface area is 124 Å². The maximum absolute atomic E-state index is 12.1. The van der Waals surface area contributed by atoms with Gasteiger partial charge in [0.15, 0.2) is 11.5 Å². The summed E-state index contributed by atoms with van der Waals surface area (Å²) in [6.07, 6.45) is 5.82. The number of nitrogens with zero attached hydrogens (tertiary/aromatic N) is 4. The number of carbonyl (C=O) groups is 1. The number of aromatic nitrogens is 4. The van der Waals surface area contributed by atoms with Crippen molar-refractivity contribution >= 4 is 11.7 Å². The molecule has 9 nitrogen and oxygen atoms in total. The molecule has 3 rings (SSSR count). The number of nitrogen functional groups attached to an aromatic ring is 1. The molecule has 0 bridgehead atoms. The average Bonchev–Trinajstić information content (AvgIpc) is 3.19. The van der Waals surface area contributed by atoms with E-state index in [4.69, 9.17) is 14.6 Å². The summed E-state index contributed by atoms with van der Waals surface area (Å²) < 4.78 is 10.2. The van der Waals surface area contributed by atoms with Crippen molar-refractivity contribution in [3.05, 3.63) is 42.2 Å².